The van der Waals surface area contributed by atoms with Gasteiger partial charge in [0.05, 0.1) is 0 Å². The number of hydrogen-bond acceptors (Lipinski definition) is 2. The van der Waals surface area contributed by atoms with Crippen LogP contribution in [0.5, 0.6) is 0 Å². The van der Waals surface area contributed by atoms with Crippen LogP contribution in [0.15, 0.2) is 36.4 Å². The van der Waals surface area contributed by atoms with Crippen molar-refractivity contribution in [1.82, 2.24) is 4.98 Å². The third kappa shape index (κ3) is 3.20. The van der Waals surface area contributed by atoms with Gasteiger partial charge in [0, 0.05) is 0 Å². The predicted molar refractivity (Wildman–Crippen MR) is 70.4 cm³/mol. The standard InChI is InChI=1S/C11H11N3Se.ClH/c12-11(13)15-7-9-6-5-8-3-1-2-4-10(8)14-9;/h1-6H,7H2,(H3,12,13);1H. The Bertz CT molecular complexity index is 501. The van der Waals surface area contributed by atoms with E-state index in [0.717, 1.165) is 21.9 Å². The van der Waals surface area contributed by atoms with Gasteiger partial charge in [-0.1, -0.05) is 0 Å². The Labute approximate surface area is 107 Å². The van der Waals surface area contributed by atoms with E-state index in [1.807, 2.05) is 30.3 Å². The van der Waals surface area contributed by atoms with Crippen LogP contribution in [0.25, 0.3) is 10.9 Å². The van der Waals surface area contributed by atoms with Crippen molar-refractivity contribution in [3.05, 3.63) is 42.1 Å². The fourth-order valence-electron chi connectivity index (χ4n) is 1.34. The van der Waals surface area contributed by atoms with E-state index in [1.54, 1.807) is 0 Å². The molecule has 0 aliphatic heterocycles. The zero-order chi connectivity index (χ0) is 10.7. The second kappa shape index (κ2) is 5.85. The summed E-state index contributed by atoms with van der Waals surface area (Å²) in [5.41, 5.74) is 7.36. The van der Waals surface area contributed by atoms with E-state index in [4.69, 9.17) is 11.1 Å². The number of pyridine rings is 1. The second-order valence-corrected chi connectivity index (χ2v) is 5.28. The maximum absolute atomic E-state index is 7.18. The van der Waals surface area contributed by atoms with Gasteiger partial charge in [0.2, 0.25) is 0 Å². The van der Waals surface area contributed by atoms with Crippen molar-refractivity contribution in [2.75, 3.05) is 0 Å². The van der Waals surface area contributed by atoms with E-state index in [1.165, 1.54) is 0 Å². The monoisotopic (exact) mass is 301 g/mol. The summed E-state index contributed by atoms with van der Waals surface area (Å²) in [6.07, 6.45) is 0. The van der Waals surface area contributed by atoms with Gasteiger partial charge in [-0.2, -0.15) is 0 Å². The van der Waals surface area contributed by atoms with E-state index in [-0.39, 0.29) is 32.1 Å². The molecule has 2 rings (SSSR count). The fourth-order valence-corrected chi connectivity index (χ4v) is 2.31. The van der Waals surface area contributed by atoms with Crippen LogP contribution in [-0.4, -0.2) is 24.7 Å². The van der Waals surface area contributed by atoms with Gasteiger partial charge in [-0.25, -0.2) is 0 Å². The number of rotatable bonds is 3. The molecule has 0 fully saturated rings. The van der Waals surface area contributed by atoms with Crippen molar-refractivity contribution >= 4 is 43.0 Å². The molecular weight excluding hydrogens is 289 g/mol. The van der Waals surface area contributed by atoms with Crippen molar-refractivity contribution in [1.29, 1.82) is 5.41 Å². The van der Waals surface area contributed by atoms with Crippen LogP contribution in [0.2, 0.25) is 0 Å². The van der Waals surface area contributed by atoms with Crippen LogP contribution in [-0.2, 0) is 5.32 Å². The molecule has 3 nitrogen and oxygen atoms in total. The zero-order valence-electron chi connectivity index (χ0n) is 8.51. The average Bonchev–Trinajstić information content (AvgIpc) is 2.26. The summed E-state index contributed by atoms with van der Waals surface area (Å²) in [5.74, 6) is 0. The van der Waals surface area contributed by atoms with E-state index in [0.29, 0.717) is 0 Å². The number of nitrogens with two attached hydrogens (primary N) is 1. The van der Waals surface area contributed by atoms with Gasteiger partial charge in [0.1, 0.15) is 0 Å². The number of halogens is 1. The fraction of sp³-hybridized carbons (Fsp3) is 0.0909. The Balaban J connectivity index is 0.00000128. The summed E-state index contributed by atoms with van der Waals surface area (Å²) in [6, 6.07) is 12.1. The molecule has 0 bridgehead atoms. The average molecular weight is 301 g/mol. The summed E-state index contributed by atoms with van der Waals surface area (Å²) >= 11 is 0.0372. The number of nitrogens with zero attached hydrogens (tertiary/aromatic N) is 1. The number of benzene rings is 1. The van der Waals surface area contributed by atoms with Crippen molar-refractivity contribution in [2.45, 2.75) is 5.32 Å². The van der Waals surface area contributed by atoms with Gasteiger partial charge in [-0.3, -0.25) is 0 Å². The van der Waals surface area contributed by atoms with Gasteiger partial charge >= 0.3 is 94.1 Å². The molecule has 84 valence electrons. The van der Waals surface area contributed by atoms with Gasteiger partial charge in [-0.05, 0) is 0 Å². The third-order valence-electron chi connectivity index (χ3n) is 2.03. The Morgan fingerprint density at radius 2 is 2.00 bits per heavy atom. The first-order valence-corrected chi connectivity index (χ1v) is 6.64. The van der Waals surface area contributed by atoms with Crippen molar-refractivity contribution in [3.8, 4) is 0 Å². The molecule has 1 aromatic heterocycles. The minimum atomic E-state index is 0. The summed E-state index contributed by atoms with van der Waals surface area (Å²) < 4.78 is 0.275. The molecule has 3 N–H and O–H groups in total. The Morgan fingerprint density at radius 1 is 1.25 bits per heavy atom. The molecule has 16 heavy (non-hydrogen) atoms. The number of para-hydroxylation sites is 1. The van der Waals surface area contributed by atoms with E-state index < -0.39 is 0 Å². The summed E-state index contributed by atoms with van der Waals surface area (Å²) in [6.45, 7) is 0. The molecule has 0 aliphatic rings. The summed E-state index contributed by atoms with van der Waals surface area (Å²) in [7, 11) is 0. The Kier molecular flexibility index (Phi) is 4.74. The molecule has 0 spiro atoms. The van der Waals surface area contributed by atoms with Crippen molar-refractivity contribution < 1.29 is 0 Å². The molecule has 0 saturated carbocycles. The van der Waals surface area contributed by atoms with Crippen molar-refractivity contribution in [2.24, 2.45) is 5.73 Å². The van der Waals surface area contributed by atoms with Gasteiger partial charge in [0.15, 0.2) is 0 Å². The molecule has 0 unspecified atom stereocenters. The molecule has 1 heterocycles. The molecule has 0 amide bonds. The predicted octanol–water partition coefficient (Wildman–Crippen LogP) is 1.75. The van der Waals surface area contributed by atoms with E-state index in [2.05, 4.69) is 11.1 Å². The zero-order valence-corrected chi connectivity index (χ0v) is 11.0. The molecule has 0 aliphatic carbocycles. The topological polar surface area (TPSA) is 62.8 Å². The SMILES string of the molecule is Cl.N=C(N)[Se]Cc1ccc2ccccc2n1. The van der Waals surface area contributed by atoms with Gasteiger partial charge < -0.3 is 0 Å². The molecule has 2 aromatic rings. The first-order chi connectivity index (χ1) is 7.25. The minimum absolute atomic E-state index is 0. The molecule has 5 heteroatoms. The third-order valence-corrected chi connectivity index (χ3v) is 3.61. The quantitative estimate of drug-likeness (QED) is 0.515. The van der Waals surface area contributed by atoms with E-state index >= 15 is 0 Å². The van der Waals surface area contributed by atoms with Crippen LogP contribution in [0.1, 0.15) is 5.69 Å². The van der Waals surface area contributed by atoms with Gasteiger partial charge in [0.25, 0.3) is 0 Å². The normalized spacial score (nSPS) is 9.75. The number of fused-ring (bicyclic) bond motifs is 1. The van der Waals surface area contributed by atoms with Crippen LogP contribution < -0.4 is 5.73 Å². The van der Waals surface area contributed by atoms with E-state index in [9.17, 15) is 0 Å². The van der Waals surface area contributed by atoms with Crippen LogP contribution in [0, 0.1) is 5.41 Å². The molecule has 0 atom stereocenters. The Morgan fingerprint density at radius 3 is 2.75 bits per heavy atom. The maximum atomic E-state index is 7.18. The van der Waals surface area contributed by atoms with Gasteiger partial charge in [-0.15, -0.1) is 12.4 Å². The van der Waals surface area contributed by atoms with Crippen LogP contribution >= 0.6 is 12.4 Å². The molecular formula is C11H12ClN3Se. The molecule has 0 saturated heterocycles. The Hall–Kier alpha value is -1.09. The number of amidine groups is 1. The first-order valence-electron chi connectivity index (χ1n) is 4.57. The first kappa shape index (κ1) is 13.0. The molecule has 1 aromatic carbocycles. The summed E-state index contributed by atoms with van der Waals surface area (Å²) in [5, 5.41) is 9.13. The van der Waals surface area contributed by atoms with Crippen molar-refractivity contribution in [3.63, 3.8) is 0 Å². The van der Waals surface area contributed by atoms with Crippen LogP contribution in [0.3, 0.4) is 0 Å². The number of hydrogen-bond donors (Lipinski definition) is 2. The number of nitrogens with one attached hydrogen (secondary N) is 1. The second-order valence-electron chi connectivity index (χ2n) is 3.15. The summed E-state index contributed by atoms with van der Waals surface area (Å²) in [4.78, 5) is 4.51. The molecule has 0 radical (unpaired) electrons. The van der Waals surface area contributed by atoms with Crippen LogP contribution in [0.4, 0.5) is 0 Å². The number of aromatic nitrogens is 1.